The van der Waals surface area contributed by atoms with Crippen LogP contribution in [-0.4, -0.2) is 66.4 Å². The Morgan fingerprint density at radius 3 is 2.62 bits per heavy atom. The van der Waals surface area contributed by atoms with Gasteiger partial charge in [0.05, 0.1) is 30.7 Å². The van der Waals surface area contributed by atoms with Crippen molar-refractivity contribution in [1.82, 2.24) is 40.4 Å². The first-order valence-electron chi connectivity index (χ1n) is 12.9. The van der Waals surface area contributed by atoms with Gasteiger partial charge in [-0.15, -0.1) is 0 Å². The first kappa shape index (κ1) is 26.4. The van der Waals surface area contributed by atoms with E-state index < -0.39 is 42.7 Å². The van der Waals surface area contributed by atoms with Gasteiger partial charge in [0.1, 0.15) is 11.7 Å². The predicted octanol–water partition coefficient (Wildman–Crippen LogP) is 3.74. The lowest BCUT2D eigenvalue weighted by molar-refractivity contribution is -0.149. The molecule has 11 nitrogen and oxygen atoms in total. The molecule has 6 rings (SSSR count). The van der Waals surface area contributed by atoms with Gasteiger partial charge >= 0.3 is 12.2 Å². The van der Waals surface area contributed by atoms with Crippen molar-refractivity contribution in [3.63, 3.8) is 0 Å². The summed E-state index contributed by atoms with van der Waals surface area (Å²) < 4.78 is 73.1. The zero-order valence-electron chi connectivity index (χ0n) is 21.0. The monoisotopic (exact) mass is 568 g/mol. The second-order valence-corrected chi connectivity index (χ2v) is 10.7. The summed E-state index contributed by atoms with van der Waals surface area (Å²) in [5, 5.41) is 16.7. The van der Waals surface area contributed by atoms with Gasteiger partial charge in [-0.1, -0.05) is 5.16 Å². The van der Waals surface area contributed by atoms with Crippen molar-refractivity contribution in [3.8, 4) is 0 Å². The molecule has 3 aliphatic rings. The molecular weight excluding hydrogens is 543 g/mol. The van der Waals surface area contributed by atoms with Crippen LogP contribution in [0.3, 0.4) is 0 Å². The number of aromatic nitrogens is 5. The van der Waals surface area contributed by atoms with Gasteiger partial charge in [0.15, 0.2) is 11.3 Å². The average molecular weight is 569 g/mol. The summed E-state index contributed by atoms with van der Waals surface area (Å²) >= 11 is 0. The first-order chi connectivity index (χ1) is 19.0. The van der Waals surface area contributed by atoms with E-state index in [1.54, 1.807) is 12.3 Å². The molecule has 3 fully saturated rings. The van der Waals surface area contributed by atoms with E-state index in [0.717, 1.165) is 17.7 Å². The summed E-state index contributed by atoms with van der Waals surface area (Å²) in [5.74, 6) is -3.57. The van der Waals surface area contributed by atoms with E-state index in [1.807, 2.05) is 5.32 Å². The summed E-state index contributed by atoms with van der Waals surface area (Å²) in [6.07, 6.45) is -0.188. The van der Waals surface area contributed by atoms with E-state index in [-0.39, 0.29) is 49.8 Å². The lowest BCUT2D eigenvalue weighted by Crippen LogP contribution is -2.40. The van der Waals surface area contributed by atoms with Crippen molar-refractivity contribution in [2.24, 2.45) is 5.92 Å². The second kappa shape index (κ2) is 9.66. The fraction of sp³-hybridized carbons (Fsp3) is 0.583. The summed E-state index contributed by atoms with van der Waals surface area (Å²) in [5.41, 5.74) is 1.67. The van der Waals surface area contributed by atoms with Crippen molar-refractivity contribution in [2.45, 2.75) is 75.2 Å². The molecule has 1 unspecified atom stereocenters. The van der Waals surface area contributed by atoms with E-state index in [1.165, 1.54) is 10.7 Å². The number of rotatable bonds is 7. The molecule has 1 saturated heterocycles. The van der Waals surface area contributed by atoms with E-state index in [0.29, 0.717) is 22.6 Å². The first-order valence-corrected chi connectivity index (χ1v) is 12.9. The van der Waals surface area contributed by atoms with Gasteiger partial charge in [0, 0.05) is 25.3 Å². The second-order valence-electron chi connectivity index (χ2n) is 10.7. The Morgan fingerprint density at radius 1 is 1.20 bits per heavy atom. The smallest absolute Gasteiger partial charge is 0.342 e. The minimum Gasteiger partial charge on any atom is -0.342 e. The Labute approximate surface area is 223 Å². The third-order valence-electron chi connectivity index (χ3n) is 7.68. The fourth-order valence-corrected chi connectivity index (χ4v) is 5.32. The summed E-state index contributed by atoms with van der Waals surface area (Å²) in [7, 11) is 0. The SMILES string of the molecule is O=C(NC(c1cn2ncc(CN3C[C@@H](C(F)(F)F)NC3=O)cc2n1)C1CCC(F)(F)CC1)c1nonc1C1CC1. The van der Waals surface area contributed by atoms with E-state index in [2.05, 4.69) is 25.7 Å². The number of nitrogens with one attached hydrogen (secondary N) is 2. The maximum absolute atomic E-state index is 13.9. The third kappa shape index (κ3) is 5.30. The lowest BCUT2D eigenvalue weighted by atomic mass is 9.81. The van der Waals surface area contributed by atoms with Crippen LogP contribution in [-0.2, 0) is 6.54 Å². The Morgan fingerprint density at radius 2 is 1.95 bits per heavy atom. The fourth-order valence-electron chi connectivity index (χ4n) is 5.32. The maximum atomic E-state index is 13.9. The van der Waals surface area contributed by atoms with Gasteiger partial charge in [0.25, 0.3) is 5.91 Å². The van der Waals surface area contributed by atoms with Gasteiger partial charge in [-0.25, -0.2) is 27.7 Å². The number of fused-ring (bicyclic) bond motifs is 1. The number of alkyl halides is 5. The molecule has 16 heteroatoms. The highest BCUT2D eigenvalue weighted by Gasteiger charge is 2.47. The van der Waals surface area contributed by atoms with Crippen LogP contribution in [0.5, 0.6) is 0 Å². The van der Waals surface area contributed by atoms with Gasteiger partial charge in [-0.05, 0) is 48.4 Å². The standard InChI is InChI=1S/C24H25F5N8O3/c25-23(26)5-3-14(4-6-23)18(33-21(38)20-19(13-1-2-13)34-40-35-20)15-10-37-17(31-15)7-12(8-30-37)9-36-11-16(24(27,28)29)32-22(36)39/h7-8,10,13-14,16,18H,1-6,9,11H2,(H,32,39)(H,33,38)/t16-,18?/m0/s1. The molecule has 40 heavy (non-hydrogen) atoms. The molecule has 0 aromatic carbocycles. The largest absolute Gasteiger partial charge is 0.410 e. The van der Waals surface area contributed by atoms with Gasteiger partial charge in [-0.2, -0.15) is 18.3 Å². The summed E-state index contributed by atoms with van der Waals surface area (Å²) in [4.78, 5) is 30.9. The minimum atomic E-state index is -4.56. The van der Waals surface area contributed by atoms with E-state index >= 15 is 0 Å². The molecule has 3 aromatic heterocycles. The Bertz CT molecular complexity index is 1430. The van der Waals surface area contributed by atoms with Crippen molar-refractivity contribution in [3.05, 3.63) is 41.1 Å². The predicted molar refractivity (Wildman–Crippen MR) is 125 cm³/mol. The van der Waals surface area contributed by atoms with Crippen molar-refractivity contribution in [2.75, 3.05) is 6.54 Å². The van der Waals surface area contributed by atoms with Gasteiger partial charge in [-0.3, -0.25) is 4.79 Å². The lowest BCUT2D eigenvalue weighted by Gasteiger charge is -2.33. The third-order valence-corrected chi connectivity index (χ3v) is 7.68. The van der Waals surface area contributed by atoms with E-state index in [4.69, 9.17) is 4.63 Å². The highest BCUT2D eigenvalue weighted by molar-refractivity contribution is 5.93. The number of carbonyl (C=O) groups is 2. The van der Waals surface area contributed by atoms with Crippen LogP contribution in [0.15, 0.2) is 23.1 Å². The molecular formula is C24H25F5N8O3. The number of carbonyl (C=O) groups excluding carboxylic acids is 2. The average Bonchev–Trinajstić information content (AvgIpc) is 3.28. The molecule has 0 bridgehead atoms. The highest BCUT2D eigenvalue weighted by atomic mass is 19.4. The van der Waals surface area contributed by atoms with Crippen LogP contribution in [0.1, 0.15) is 77.9 Å². The Kier molecular flexibility index (Phi) is 6.37. The number of hydrogen-bond donors (Lipinski definition) is 2. The van der Waals surface area contributed by atoms with E-state index in [9.17, 15) is 31.5 Å². The van der Waals surface area contributed by atoms with Crippen LogP contribution >= 0.6 is 0 Å². The summed E-state index contributed by atoms with van der Waals surface area (Å²) in [6, 6.07) is -1.96. The highest BCUT2D eigenvalue weighted by Crippen LogP contribution is 2.42. The molecule has 2 saturated carbocycles. The number of urea groups is 1. The molecule has 1 aliphatic heterocycles. The molecule has 4 heterocycles. The number of imidazole rings is 1. The quantitative estimate of drug-likeness (QED) is 0.415. The molecule has 3 amide bonds. The molecule has 0 spiro atoms. The zero-order chi connectivity index (χ0) is 28.2. The molecule has 3 aromatic rings. The van der Waals surface area contributed by atoms with Gasteiger partial charge < -0.3 is 15.5 Å². The van der Waals surface area contributed by atoms with Crippen molar-refractivity contribution < 1.29 is 36.2 Å². The Balaban J connectivity index is 1.24. The van der Waals surface area contributed by atoms with Gasteiger partial charge in [0.2, 0.25) is 5.92 Å². The number of nitrogens with zero attached hydrogens (tertiary/aromatic N) is 6. The Hall–Kier alpha value is -3.85. The van der Waals surface area contributed by atoms with Crippen molar-refractivity contribution in [1.29, 1.82) is 0 Å². The van der Waals surface area contributed by atoms with Crippen LogP contribution in [0.2, 0.25) is 0 Å². The number of hydrogen-bond acceptors (Lipinski definition) is 7. The topological polar surface area (TPSA) is 131 Å². The maximum Gasteiger partial charge on any atom is 0.410 e. The molecule has 214 valence electrons. The van der Waals surface area contributed by atoms with Crippen molar-refractivity contribution >= 4 is 17.6 Å². The van der Waals surface area contributed by atoms with Crippen LogP contribution in [0, 0.1) is 5.92 Å². The normalized spacial score (nSPS) is 22.5. The summed E-state index contributed by atoms with van der Waals surface area (Å²) in [6.45, 7) is -0.654. The molecule has 2 N–H and O–H groups in total. The number of halogens is 5. The minimum absolute atomic E-state index is 0.0545. The molecule has 2 aliphatic carbocycles. The molecule has 2 atom stereocenters. The molecule has 0 radical (unpaired) electrons. The number of amides is 3. The van der Waals surface area contributed by atoms with Crippen LogP contribution in [0.25, 0.3) is 5.65 Å². The van der Waals surface area contributed by atoms with Crippen LogP contribution < -0.4 is 10.6 Å². The van der Waals surface area contributed by atoms with Crippen LogP contribution in [0.4, 0.5) is 26.7 Å². The zero-order valence-corrected chi connectivity index (χ0v) is 21.0.